The Bertz CT molecular complexity index is 270. The molecule has 1 heterocycles. The number of rotatable bonds is 4. The third-order valence-corrected chi connectivity index (χ3v) is 5.08. The maximum Gasteiger partial charge on any atom is 0.150 e. The lowest BCUT2D eigenvalue weighted by atomic mass is 9.90. The average Bonchev–Trinajstić information content (AvgIpc) is 2.78. The van der Waals surface area contributed by atoms with E-state index in [0.717, 1.165) is 12.5 Å². The van der Waals surface area contributed by atoms with Crippen LogP contribution < -0.4 is 5.32 Å². The van der Waals surface area contributed by atoms with Gasteiger partial charge in [0.05, 0.1) is 11.5 Å². The molecule has 1 aliphatic carbocycles. The molecular weight excluding hydrogens is 186 g/mol. The van der Waals surface area contributed by atoms with Crippen LogP contribution in [0.25, 0.3) is 0 Å². The highest BCUT2D eigenvalue weighted by atomic mass is 32.2. The van der Waals surface area contributed by atoms with Gasteiger partial charge in [0.25, 0.3) is 0 Å². The van der Waals surface area contributed by atoms with Gasteiger partial charge in [0, 0.05) is 0 Å². The predicted molar refractivity (Wildman–Crippen MR) is 52.3 cm³/mol. The first kappa shape index (κ1) is 9.46. The van der Waals surface area contributed by atoms with Gasteiger partial charge in [-0.3, -0.25) is 0 Å². The molecule has 2 fully saturated rings. The number of nitrogens with one attached hydrogen (secondary N) is 1. The number of sulfone groups is 1. The molecule has 4 heteroatoms. The zero-order valence-corrected chi connectivity index (χ0v) is 8.81. The Balaban J connectivity index is 1.90. The van der Waals surface area contributed by atoms with Gasteiger partial charge in [0.15, 0.2) is 9.84 Å². The van der Waals surface area contributed by atoms with Crippen LogP contribution in [0.5, 0.6) is 0 Å². The standard InChI is InChI=1S/C9H17NO2S/c1-10-4-9(7-2-3-7)8-5-13(11,12)6-8/h7-10H,2-6H2,1H3. The summed E-state index contributed by atoms with van der Waals surface area (Å²) in [6, 6.07) is 0. The topological polar surface area (TPSA) is 46.2 Å². The molecule has 0 aromatic heterocycles. The van der Waals surface area contributed by atoms with Crippen LogP contribution in [0.3, 0.4) is 0 Å². The summed E-state index contributed by atoms with van der Waals surface area (Å²) >= 11 is 0. The molecule has 3 nitrogen and oxygen atoms in total. The molecule has 1 saturated carbocycles. The van der Waals surface area contributed by atoms with E-state index in [1.165, 1.54) is 12.8 Å². The van der Waals surface area contributed by atoms with E-state index in [9.17, 15) is 8.42 Å². The summed E-state index contributed by atoms with van der Waals surface area (Å²) in [7, 11) is -0.681. The Kier molecular flexibility index (Phi) is 2.36. The van der Waals surface area contributed by atoms with Gasteiger partial charge in [0.2, 0.25) is 0 Å². The molecular formula is C9H17NO2S. The SMILES string of the molecule is CNCC(C1CC1)C1CS(=O)(=O)C1. The monoisotopic (exact) mass is 203 g/mol. The van der Waals surface area contributed by atoms with Crippen LogP contribution >= 0.6 is 0 Å². The number of hydrogen-bond donors (Lipinski definition) is 1. The fraction of sp³-hybridized carbons (Fsp3) is 1.00. The highest BCUT2D eigenvalue weighted by Crippen LogP contribution is 2.43. The average molecular weight is 203 g/mol. The lowest BCUT2D eigenvalue weighted by Gasteiger charge is -2.33. The molecule has 0 bridgehead atoms. The van der Waals surface area contributed by atoms with E-state index in [2.05, 4.69) is 5.32 Å². The summed E-state index contributed by atoms with van der Waals surface area (Å²) in [5, 5.41) is 3.17. The second-order valence-electron chi connectivity index (χ2n) is 4.40. The molecule has 0 radical (unpaired) electrons. The largest absolute Gasteiger partial charge is 0.319 e. The number of hydrogen-bond acceptors (Lipinski definition) is 3. The molecule has 13 heavy (non-hydrogen) atoms. The fourth-order valence-corrected chi connectivity index (χ4v) is 4.03. The maximum absolute atomic E-state index is 11.0. The quantitative estimate of drug-likeness (QED) is 0.713. The van der Waals surface area contributed by atoms with Gasteiger partial charge in [0.1, 0.15) is 0 Å². The normalized spacial score (nSPS) is 29.6. The van der Waals surface area contributed by atoms with Gasteiger partial charge in [-0.25, -0.2) is 8.42 Å². The summed E-state index contributed by atoms with van der Waals surface area (Å²) in [6.45, 7) is 0.991. The van der Waals surface area contributed by atoms with Crippen molar-refractivity contribution in [2.75, 3.05) is 25.1 Å². The maximum atomic E-state index is 11.0. The predicted octanol–water partition coefficient (Wildman–Crippen LogP) is 0.277. The van der Waals surface area contributed by atoms with Crippen LogP contribution in [-0.2, 0) is 9.84 Å². The van der Waals surface area contributed by atoms with E-state index in [-0.39, 0.29) is 0 Å². The Morgan fingerprint density at radius 3 is 2.31 bits per heavy atom. The first-order valence-electron chi connectivity index (χ1n) is 4.97. The molecule has 2 rings (SSSR count). The molecule has 2 aliphatic rings. The summed E-state index contributed by atoms with van der Waals surface area (Å²) in [6.07, 6.45) is 2.62. The smallest absolute Gasteiger partial charge is 0.150 e. The lowest BCUT2D eigenvalue weighted by molar-refractivity contribution is 0.314. The van der Waals surface area contributed by atoms with Crippen LogP contribution in [0.2, 0.25) is 0 Å². The van der Waals surface area contributed by atoms with E-state index in [0.29, 0.717) is 23.3 Å². The van der Waals surface area contributed by atoms with Crippen molar-refractivity contribution in [3.63, 3.8) is 0 Å². The Morgan fingerprint density at radius 1 is 1.31 bits per heavy atom. The zero-order chi connectivity index (χ0) is 9.47. The minimum Gasteiger partial charge on any atom is -0.319 e. The van der Waals surface area contributed by atoms with Gasteiger partial charge in [-0.15, -0.1) is 0 Å². The van der Waals surface area contributed by atoms with Crippen molar-refractivity contribution in [2.24, 2.45) is 17.8 Å². The highest BCUT2D eigenvalue weighted by Gasteiger charge is 2.44. The second-order valence-corrected chi connectivity index (χ2v) is 6.55. The van der Waals surface area contributed by atoms with Crippen LogP contribution in [0.1, 0.15) is 12.8 Å². The molecule has 0 amide bonds. The van der Waals surface area contributed by atoms with Crippen LogP contribution in [0, 0.1) is 17.8 Å². The fourth-order valence-electron chi connectivity index (χ4n) is 2.33. The van der Waals surface area contributed by atoms with Crippen molar-refractivity contribution < 1.29 is 8.42 Å². The van der Waals surface area contributed by atoms with Crippen LogP contribution in [0.4, 0.5) is 0 Å². The molecule has 0 aromatic rings. The molecule has 76 valence electrons. The first-order valence-corrected chi connectivity index (χ1v) is 6.79. The van der Waals surface area contributed by atoms with Gasteiger partial charge in [-0.05, 0) is 44.2 Å². The van der Waals surface area contributed by atoms with E-state index in [4.69, 9.17) is 0 Å². The minimum absolute atomic E-state index is 0.440. The third-order valence-electron chi connectivity index (χ3n) is 3.21. The summed E-state index contributed by atoms with van der Waals surface area (Å²) < 4.78 is 22.1. The van der Waals surface area contributed by atoms with E-state index in [1.807, 2.05) is 7.05 Å². The molecule has 0 aromatic carbocycles. The van der Waals surface area contributed by atoms with E-state index in [1.54, 1.807) is 0 Å². The molecule has 1 aliphatic heterocycles. The van der Waals surface area contributed by atoms with Crippen molar-refractivity contribution in [1.82, 2.24) is 5.32 Å². The van der Waals surface area contributed by atoms with Gasteiger partial charge in [-0.1, -0.05) is 0 Å². The van der Waals surface area contributed by atoms with Crippen LogP contribution in [0.15, 0.2) is 0 Å². The second kappa shape index (κ2) is 3.24. The summed E-state index contributed by atoms with van der Waals surface area (Å²) in [5.74, 6) is 2.76. The zero-order valence-electron chi connectivity index (χ0n) is 7.99. The Hall–Kier alpha value is -0.0900. The van der Waals surface area contributed by atoms with Gasteiger partial charge in [-0.2, -0.15) is 0 Å². The summed E-state index contributed by atoms with van der Waals surface area (Å²) in [4.78, 5) is 0. The van der Waals surface area contributed by atoms with Crippen molar-refractivity contribution in [2.45, 2.75) is 12.8 Å². The third kappa shape index (κ3) is 2.05. The first-order chi connectivity index (χ1) is 6.12. The van der Waals surface area contributed by atoms with E-state index < -0.39 is 9.84 Å². The Labute approximate surface area is 79.8 Å². The van der Waals surface area contributed by atoms with Crippen molar-refractivity contribution in [1.29, 1.82) is 0 Å². The Morgan fingerprint density at radius 2 is 1.92 bits per heavy atom. The molecule has 1 N–H and O–H groups in total. The van der Waals surface area contributed by atoms with Crippen molar-refractivity contribution in [3.05, 3.63) is 0 Å². The molecule has 1 unspecified atom stereocenters. The van der Waals surface area contributed by atoms with Crippen LogP contribution in [-0.4, -0.2) is 33.5 Å². The highest BCUT2D eigenvalue weighted by molar-refractivity contribution is 7.92. The lowest BCUT2D eigenvalue weighted by Crippen LogP contribution is -2.44. The molecule has 0 spiro atoms. The molecule has 1 atom stereocenters. The van der Waals surface area contributed by atoms with E-state index >= 15 is 0 Å². The van der Waals surface area contributed by atoms with Gasteiger partial charge < -0.3 is 5.32 Å². The van der Waals surface area contributed by atoms with Crippen molar-refractivity contribution in [3.8, 4) is 0 Å². The minimum atomic E-state index is -2.63. The van der Waals surface area contributed by atoms with Crippen molar-refractivity contribution >= 4 is 9.84 Å². The summed E-state index contributed by atoms with van der Waals surface area (Å²) in [5.41, 5.74) is 0. The van der Waals surface area contributed by atoms with Gasteiger partial charge >= 0.3 is 0 Å². The molecule has 1 saturated heterocycles.